The third-order valence-electron chi connectivity index (χ3n) is 1.63. The van der Waals surface area contributed by atoms with Crippen molar-refractivity contribution in [1.29, 1.82) is 0 Å². The van der Waals surface area contributed by atoms with Crippen molar-refractivity contribution < 1.29 is 9.32 Å². The first-order chi connectivity index (χ1) is 6.27. The van der Waals surface area contributed by atoms with Crippen LogP contribution in [-0.4, -0.2) is 21.3 Å². The molecule has 1 rings (SSSR count). The minimum absolute atomic E-state index is 0.247. The molecule has 3 N–H and O–H groups in total. The van der Waals surface area contributed by atoms with Crippen LogP contribution in [0, 0.1) is 0 Å². The van der Waals surface area contributed by atoms with Crippen LogP contribution in [0.3, 0.4) is 0 Å². The molecular weight excluding hydrogens is 222 g/mol. The lowest BCUT2D eigenvalue weighted by Gasteiger charge is -2.12. The molecule has 5 nitrogen and oxygen atoms in total. The van der Waals surface area contributed by atoms with E-state index in [2.05, 4.69) is 9.35 Å². The van der Waals surface area contributed by atoms with E-state index in [1.54, 1.807) is 19.2 Å². The highest BCUT2D eigenvalue weighted by atomic mass is 32.2. The fraction of sp³-hybridized carbons (Fsp3) is 0.571. The molecule has 1 aromatic heterocycles. The predicted molar refractivity (Wildman–Crippen MR) is 56.3 cm³/mol. The second-order valence-electron chi connectivity index (χ2n) is 3.31. The summed E-state index contributed by atoms with van der Waals surface area (Å²) in [6.07, 6.45) is 0. The van der Waals surface area contributed by atoms with Gasteiger partial charge in [-0.05, 0) is 13.8 Å². The van der Waals surface area contributed by atoms with Crippen LogP contribution in [0.4, 0.5) is 0 Å². The van der Waals surface area contributed by atoms with Gasteiger partial charge in [0.05, 0.1) is 5.69 Å². The van der Waals surface area contributed by atoms with Gasteiger partial charge >= 0.3 is 0 Å². The molecule has 14 heavy (non-hydrogen) atoms. The Hall–Kier alpha value is -0.500. The molecule has 80 valence electrons. The zero-order chi connectivity index (χ0) is 11.0. The summed E-state index contributed by atoms with van der Waals surface area (Å²) in [6, 6.07) is 0. The number of hydrogen-bond acceptors (Lipinski definition) is 5. The molecule has 0 aliphatic heterocycles. The van der Waals surface area contributed by atoms with Crippen molar-refractivity contribution in [3.8, 4) is 0 Å². The summed E-state index contributed by atoms with van der Waals surface area (Å²) in [5.41, 5.74) is -0.586. The molecule has 0 radical (unpaired) electrons. The number of thiazole rings is 1. The molecular formula is C7H13N3O2S2. The van der Waals surface area contributed by atoms with Crippen molar-refractivity contribution in [1.82, 2.24) is 4.98 Å². The third kappa shape index (κ3) is 2.30. The summed E-state index contributed by atoms with van der Waals surface area (Å²) in [6.45, 7) is 3.21. The third-order valence-corrected chi connectivity index (χ3v) is 4.40. The largest absolute Gasteiger partial charge is 0.384 e. The van der Waals surface area contributed by atoms with E-state index in [0.29, 0.717) is 5.69 Å². The van der Waals surface area contributed by atoms with E-state index < -0.39 is 15.5 Å². The highest BCUT2D eigenvalue weighted by Gasteiger charge is 2.21. The highest BCUT2D eigenvalue weighted by molar-refractivity contribution is 7.93. The van der Waals surface area contributed by atoms with E-state index in [4.69, 9.17) is 5.14 Å². The van der Waals surface area contributed by atoms with Crippen molar-refractivity contribution >= 4 is 21.3 Å². The van der Waals surface area contributed by atoms with Crippen LogP contribution in [0.5, 0.6) is 0 Å². The zero-order valence-electron chi connectivity index (χ0n) is 8.22. The SMILES string of the molecule is CN=S(N)(=O)c1nc(C(C)(C)O)cs1. The van der Waals surface area contributed by atoms with Crippen molar-refractivity contribution in [2.24, 2.45) is 9.50 Å². The van der Waals surface area contributed by atoms with Crippen LogP contribution in [-0.2, 0) is 15.5 Å². The van der Waals surface area contributed by atoms with E-state index >= 15 is 0 Å². The minimum atomic E-state index is -2.87. The van der Waals surface area contributed by atoms with E-state index in [9.17, 15) is 9.32 Å². The second-order valence-corrected chi connectivity index (χ2v) is 6.31. The number of hydrogen-bond donors (Lipinski definition) is 2. The average Bonchev–Trinajstić information content (AvgIpc) is 2.51. The Morgan fingerprint density at radius 2 is 2.29 bits per heavy atom. The summed E-state index contributed by atoms with van der Waals surface area (Å²) in [5, 5.41) is 16.7. The summed E-state index contributed by atoms with van der Waals surface area (Å²) >= 11 is 1.14. The van der Waals surface area contributed by atoms with Crippen molar-refractivity contribution in [2.75, 3.05) is 7.05 Å². The summed E-state index contributed by atoms with van der Waals surface area (Å²) in [4.78, 5) is 4.00. The molecule has 0 saturated heterocycles. The molecule has 0 fully saturated rings. The first-order valence-corrected chi connectivity index (χ1v) is 6.34. The van der Waals surface area contributed by atoms with Gasteiger partial charge in [-0.15, -0.1) is 11.3 Å². The van der Waals surface area contributed by atoms with E-state index in [0.717, 1.165) is 11.3 Å². The Balaban J connectivity index is 3.20. The number of nitrogens with two attached hydrogens (primary N) is 1. The van der Waals surface area contributed by atoms with Crippen LogP contribution in [0.2, 0.25) is 0 Å². The van der Waals surface area contributed by atoms with E-state index in [1.807, 2.05) is 0 Å². The van der Waals surface area contributed by atoms with Gasteiger partial charge in [-0.25, -0.2) is 18.7 Å². The van der Waals surface area contributed by atoms with Gasteiger partial charge in [0.2, 0.25) is 4.34 Å². The standard InChI is InChI=1S/C7H13N3O2S2/c1-7(2,11)5-4-13-6(10-5)14(8,12)9-3/h4,11H,1-3H3,(H2,8,9,12). The second kappa shape index (κ2) is 3.58. The fourth-order valence-electron chi connectivity index (χ4n) is 0.751. The molecule has 1 atom stereocenters. The average molecular weight is 235 g/mol. The predicted octanol–water partition coefficient (Wildman–Crippen LogP) is 0.701. The van der Waals surface area contributed by atoms with Gasteiger partial charge in [-0.3, -0.25) is 0 Å². The highest BCUT2D eigenvalue weighted by Crippen LogP contribution is 2.24. The van der Waals surface area contributed by atoms with E-state index in [-0.39, 0.29) is 4.34 Å². The fourth-order valence-corrected chi connectivity index (χ4v) is 2.76. The maximum Gasteiger partial charge on any atom is 0.204 e. The first-order valence-electron chi connectivity index (χ1n) is 3.89. The van der Waals surface area contributed by atoms with Crippen molar-refractivity contribution in [3.63, 3.8) is 0 Å². The Kier molecular flexibility index (Phi) is 2.96. The molecule has 0 aliphatic carbocycles. The lowest BCUT2D eigenvalue weighted by molar-refractivity contribution is 0.0741. The number of aromatic nitrogens is 1. The van der Waals surface area contributed by atoms with Crippen LogP contribution in [0.15, 0.2) is 14.1 Å². The van der Waals surface area contributed by atoms with Gasteiger partial charge in [-0.2, -0.15) is 0 Å². The molecule has 1 aromatic rings. The molecule has 0 bridgehead atoms. The van der Waals surface area contributed by atoms with Crippen LogP contribution in [0.1, 0.15) is 19.5 Å². The summed E-state index contributed by atoms with van der Waals surface area (Å²) in [7, 11) is -1.48. The summed E-state index contributed by atoms with van der Waals surface area (Å²) < 4.78 is 15.4. The quantitative estimate of drug-likeness (QED) is 0.790. The Bertz CT molecular complexity index is 438. The first kappa shape index (κ1) is 11.6. The number of nitrogens with zero attached hydrogens (tertiary/aromatic N) is 2. The van der Waals surface area contributed by atoms with Gasteiger partial charge in [0.25, 0.3) is 0 Å². The molecule has 0 aliphatic rings. The molecule has 0 spiro atoms. The molecule has 0 amide bonds. The van der Waals surface area contributed by atoms with Crippen molar-refractivity contribution in [2.45, 2.75) is 23.8 Å². The lowest BCUT2D eigenvalue weighted by atomic mass is 10.1. The van der Waals surface area contributed by atoms with E-state index in [1.165, 1.54) is 7.05 Å². The molecule has 0 saturated carbocycles. The van der Waals surface area contributed by atoms with Gasteiger partial charge < -0.3 is 5.11 Å². The topological polar surface area (TPSA) is 88.6 Å². The van der Waals surface area contributed by atoms with Gasteiger partial charge in [0, 0.05) is 12.4 Å². The van der Waals surface area contributed by atoms with Gasteiger partial charge in [0.1, 0.15) is 5.60 Å². The van der Waals surface area contributed by atoms with Crippen LogP contribution >= 0.6 is 11.3 Å². The van der Waals surface area contributed by atoms with Crippen molar-refractivity contribution in [3.05, 3.63) is 11.1 Å². The lowest BCUT2D eigenvalue weighted by Crippen LogP contribution is -2.17. The maximum absolute atomic E-state index is 11.6. The Morgan fingerprint density at radius 3 is 2.64 bits per heavy atom. The number of aliphatic hydroxyl groups is 1. The van der Waals surface area contributed by atoms with Crippen LogP contribution < -0.4 is 5.14 Å². The Morgan fingerprint density at radius 1 is 1.71 bits per heavy atom. The van der Waals surface area contributed by atoms with Crippen LogP contribution in [0.25, 0.3) is 0 Å². The van der Waals surface area contributed by atoms with Gasteiger partial charge in [-0.1, -0.05) is 0 Å². The number of rotatable bonds is 2. The monoisotopic (exact) mass is 235 g/mol. The maximum atomic E-state index is 11.6. The molecule has 0 aromatic carbocycles. The van der Waals surface area contributed by atoms with Gasteiger partial charge in [0.15, 0.2) is 9.92 Å². The molecule has 1 heterocycles. The normalized spacial score (nSPS) is 16.4. The molecule has 1 unspecified atom stereocenters. The summed E-state index contributed by atoms with van der Waals surface area (Å²) in [5.74, 6) is 0. The molecule has 7 heteroatoms. The zero-order valence-corrected chi connectivity index (χ0v) is 9.85. The smallest absolute Gasteiger partial charge is 0.204 e. The minimum Gasteiger partial charge on any atom is -0.384 e. The Labute approximate surface area is 87.3 Å².